The Bertz CT molecular complexity index is 1630. The Kier molecular flexibility index (Phi) is 9.76. The molecule has 0 aliphatic rings. The molecule has 208 valence electrons. The zero-order chi connectivity index (χ0) is 29.6. The molecule has 0 spiro atoms. The van der Waals surface area contributed by atoms with Crippen LogP contribution in [0.3, 0.4) is 0 Å². The molecule has 3 aromatic carbocycles. The molecule has 0 radical (unpaired) electrons. The molecule has 0 unspecified atom stereocenters. The number of carbonyl (C=O) groups excluding carboxylic acids is 3. The number of nitrogens with one attached hydrogen (secondary N) is 2. The van der Waals surface area contributed by atoms with Crippen LogP contribution >= 0.6 is 23.2 Å². The molecule has 40 heavy (non-hydrogen) atoms. The van der Waals surface area contributed by atoms with E-state index < -0.39 is 40.5 Å². The fourth-order valence-electron chi connectivity index (χ4n) is 3.43. The molecule has 0 bridgehead atoms. The number of ketones is 1. The standard InChI is InChI=1S/C27H23Cl2N3O7S/c1-15(2)39-27(35)32-40(36,37)21-5-6-23(16(3)8-21)31-25(33)14-38-24-7-4-19(28)12-22(24)26(34)18-9-17(13-30)10-20(29)11-18/h4-12,15H,14H2,1-3H3,(H,31,33)(H,32,35). The summed E-state index contributed by atoms with van der Waals surface area (Å²) in [6, 6.07) is 14.3. The van der Waals surface area contributed by atoms with Gasteiger partial charge in [0.2, 0.25) is 0 Å². The Morgan fingerprint density at radius 2 is 1.73 bits per heavy atom. The van der Waals surface area contributed by atoms with Crippen molar-refractivity contribution in [2.45, 2.75) is 31.8 Å². The van der Waals surface area contributed by atoms with Gasteiger partial charge >= 0.3 is 6.09 Å². The molecule has 0 saturated carbocycles. The first-order chi connectivity index (χ1) is 18.8. The van der Waals surface area contributed by atoms with Crippen LogP contribution in [-0.4, -0.2) is 38.9 Å². The van der Waals surface area contributed by atoms with Crippen LogP contribution in [0.2, 0.25) is 10.0 Å². The van der Waals surface area contributed by atoms with Crippen LogP contribution in [0.5, 0.6) is 5.75 Å². The molecular formula is C27H23Cl2N3O7S. The lowest BCUT2D eigenvalue weighted by molar-refractivity contribution is -0.118. The first kappa shape index (κ1) is 30.4. The van der Waals surface area contributed by atoms with Crippen molar-refractivity contribution < 1.29 is 32.3 Å². The third-order valence-electron chi connectivity index (χ3n) is 5.18. The van der Waals surface area contributed by atoms with Gasteiger partial charge in [0.05, 0.1) is 28.2 Å². The van der Waals surface area contributed by atoms with Gasteiger partial charge in [0.1, 0.15) is 5.75 Å². The second-order valence-corrected chi connectivity index (χ2v) is 11.2. The molecule has 0 aliphatic carbocycles. The molecule has 3 aromatic rings. The average molecular weight is 604 g/mol. The third-order valence-corrected chi connectivity index (χ3v) is 6.94. The first-order valence-electron chi connectivity index (χ1n) is 11.6. The van der Waals surface area contributed by atoms with Gasteiger partial charge in [-0.2, -0.15) is 5.26 Å². The summed E-state index contributed by atoms with van der Waals surface area (Å²) in [6.07, 6.45) is -1.62. The van der Waals surface area contributed by atoms with Crippen molar-refractivity contribution in [3.63, 3.8) is 0 Å². The fourth-order valence-corrected chi connectivity index (χ4v) is 4.80. The predicted octanol–water partition coefficient (Wildman–Crippen LogP) is 5.25. The average Bonchev–Trinajstić information content (AvgIpc) is 2.87. The Labute approximate surface area is 240 Å². The summed E-state index contributed by atoms with van der Waals surface area (Å²) in [4.78, 5) is 37.3. The van der Waals surface area contributed by atoms with Crippen LogP contribution in [0.4, 0.5) is 10.5 Å². The number of ether oxygens (including phenoxy) is 2. The van der Waals surface area contributed by atoms with Crippen LogP contribution in [-0.2, 0) is 19.6 Å². The summed E-state index contributed by atoms with van der Waals surface area (Å²) in [5, 5.41) is 12.2. The van der Waals surface area contributed by atoms with E-state index >= 15 is 0 Å². The minimum atomic E-state index is -4.20. The van der Waals surface area contributed by atoms with Gasteiger partial charge in [0.25, 0.3) is 15.9 Å². The Balaban J connectivity index is 1.72. The van der Waals surface area contributed by atoms with Gasteiger partial charge < -0.3 is 14.8 Å². The number of benzene rings is 3. The topological polar surface area (TPSA) is 152 Å². The Morgan fingerprint density at radius 1 is 1.00 bits per heavy atom. The van der Waals surface area contributed by atoms with E-state index in [1.807, 2.05) is 10.8 Å². The highest BCUT2D eigenvalue weighted by molar-refractivity contribution is 7.90. The van der Waals surface area contributed by atoms with Gasteiger partial charge in [-0.3, -0.25) is 9.59 Å². The number of nitrogens with zero attached hydrogens (tertiary/aromatic N) is 1. The van der Waals surface area contributed by atoms with Crippen molar-refractivity contribution >= 4 is 56.7 Å². The lowest BCUT2D eigenvalue weighted by atomic mass is 10.0. The van der Waals surface area contributed by atoms with Crippen LogP contribution in [0.25, 0.3) is 0 Å². The highest BCUT2D eigenvalue weighted by atomic mass is 35.5. The summed E-state index contributed by atoms with van der Waals surface area (Å²) in [5.74, 6) is -1.05. The maximum atomic E-state index is 13.2. The van der Waals surface area contributed by atoms with E-state index in [4.69, 9.17) is 32.7 Å². The van der Waals surface area contributed by atoms with Crippen LogP contribution in [0.15, 0.2) is 59.5 Å². The van der Waals surface area contributed by atoms with Gasteiger partial charge in [-0.15, -0.1) is 0 Å². The number of anilines is 1. The van der Waals surface area contributed by atoms with Gasteiger partial charge in [-0.25, -0.2) is 17.9 Å². The number of hydrogen-bond acceptors (Lipinski definition) is 8. The maximum absolute atomic E-state index is 13.2. The van der Waals surface area contributed by atoms with E-state index in [9.17, 15) is 28.1 Å². The van der Waals surface area contributed by atoms with Crippen molar-refractivity contribution in [3.05, 3.63) is 86.9 Å². The van der Waals surface area contributed by atoms with Crippen molar-refractivity contribution in [1.82, 2.24) is 4.72 Å². The van der Waals surface area contributed by atoms with E-state index in [0.29, 0.717) is 11.3 Å². The molecule has 0 atom stereocenters. The zero-order valence-electron chi connectivity index (χ0n) is 21.4. The number of carbonyl (C=O) groups is 3. The summed E-state index contributed by atoms with van der Waals surface area (Å²) in [5.41, 5.74) is 1.08. The van der Waals surface area contributed by atoms with E-state index in [1.54, 1.807) is 20.8 Å². The second kappa shape index (κ2) is 12.8. The molecule has 3 rings (SSSR count). The molecule has 0 aromatic heterocycles. The Morgan fingerprint density at radius 3 is 2.38 bits per heavy atom. The number of hydrogen-bond donors (Lipinski definition) is 2. The van der Waals surface area contributed by atoms with Crippen LogP contribution in [0, 0.1) is 18.3 Å². The minimum Gasteiger partial charge on any atom is -0.483 e. The Hall–Kier alpha value is -4.11. The van der Waals surface area contributed by atoms with Gasteiger partial charge in [-0.1, -0.05) is 23.2 Å². The lowest BCUT2D eigenvalue weighted by Crippen LogP contribution is -2.32. The minimum absolute atomic E-state index is 0.0562. The zero-order valence-corrected chi connectivity index (χ0v) is 23.8. The smallest absolute Gasteiger partial charge is 0.421 e. The summed E-state index contributed by atoms with van der Waals surface area (Å²) >= 11 is 12.1. The van der Waals surface area contributed by atoms with E-state index in [2.05, 4.69) is 5.32 Å². The SMILES string of the molecule is Cc1cc(S(=O)(=O)NC(=O)OC(C)C)ccc1NC(=O)COc1ccc(Cl)cc1C(=O)c1cc(Cl)cc(C#N)c1. The molecular weight excluding hydrogens is 581 g/mol. The van der Waals surface area contributed by atoms with Crippen LogP contribution in [0.1, 0.15) is 40.9 Å². The van der Waals surface area contributed by atoms with Crippen LogP contribution < -0.4 is 14.8 Å². The van der Waals surface area contributed by atoms with Crippen molar-refractivity contribution in [2.75, 3.05) is 11.9 Å². The van der Waals surface area contributed by atoms with Gasteiger partial charge in [0.15, 0.2) is 12.4 Å². The van der Waals surface area contributed by atoms with Gasteiger partial charge in [0, 0.05) is 21.3 Å². The fraction of sp³-hybridized carbons (Fsp3) is 0.185. The van der Waals surface area contributed by atoms with Crippen molar-refractivity contribution in [2.24, 2.45) is 0 Å². The van der Waals surface area contributed by atoms with Crippen molar-refractivity contribution in [1.29, 1.82) is 5.26 Å². The molecule has 2 amide bonds. The normalized spacial score (nSPS) is 10.9. The lowest BCUT2D eigenvalue weighted by Gasteiger charge is -2.14. The summed E-state index contributed by atoms with van der Waals surface area (Å²) in [6.45, 7) is 4.23. The number of aryl methyl sites for hydroxylation is 1. The van der Waals surface area contributed by atoms with E-state index in [1.165, 1.54) is 54.6 Å². The number of amides is 2. The first-order valence-corrected chi connectivity index (χ1v) is 13.8. The highest BCUT2D eigenvalue weighted by Gasteiger charge is 2.21. The number of nitriles is 1. The number of sulfonamides is 1. The van der Waals surface area contributed by atoms with E-state index in [0.717, 1.165) is 0 Å². The molecule has 0 fully saturated rings. The van der Waals surface area contributed by atoms with Gasteiger partial charge in [-0.05, 0) is 80.9 Å². The predicted molar refractivity (Wildman–Crippen MR) is 148 cm³/mol. The quantitative estimate of drug-likeness (QED) is 0.315. The summed E-state index contributed by atoms with van der Waals surface area (Å²) < 4.78 is 37.1. The molecule has 13 heteroatoms. The molecule has 0 aliphatic heterocycles. The second-order valence-electron chi connectivity index (χ2n) is 8.68. The molecule has 2 N–H and O–H groups in total. The van der Waals surface area contributed by atoms with E-state index in [-0.39, 0.29) is 37.4 Å². The highest BCUT2D eigenvalue weighted by Crippen LogP contribution is 2.27. The molecule has 0 heterocycles. The largest absolute Gasteiger partial charge is 0.483 e. The maximum Gasteiger partial charge on any atom is 0.421 e. The third kappa shape index (κ3) is 7.95. The molecule has 0 saturated heterocycles. The monoisotopic (exact) mass is 603 g/mol. The van der Waals surface area contributed by atoms with Crippen molar-refractivity contribution in [3.8, 4) is 11.8 Å². The number of halogens is 2. The number of rotatable bonds is 9. The molecule has 10 nitrogen and oxygen atoms in total. The summed E-state index contributed by atoms with van der Waals surface area (Å²) in [7, 11) is -4.20.